The highest BCUT2D eigenvalue weighted by atomic mass is 16.3. The van der Waals surface area contributed by atoms with E-state index in [9.17, 15) is 9.59 Å². The van der Waals surface area contributed by atoms with E-state index in [2.05, 4.69) is 15.6 Å². The van der Waals surface area contributed by atoms with Gasteiger partial charge >= 0.3 is 0 Å². The number of fused-ring (bicyclic) bond motifs is 6. The summed E-state index contributed by atoms with van der Waals surface area (Å²) < 4.78 is 11.4. The predicted octanol–water partition coefficient (Wildman–Crippen LogP) is 7.24. The Morgan fingerprint density at radius 2 is 1.05 bits per heavy atom. The molecule has 194 valence electrons. The third kappa shape index (κ3) is 4.33. The molecule has 3 heterocycles. The number of rotatable bonds is 6. The Balaban J connectivity index is 1.06. The van der Waals surface area contributed by atoms with Gasteiger partial charge in [-0.3, -0.25) is 9.59 Å². The summed E-state index contributed by atoms with van der Waals surface area (Å²) in [6, 6.07) is 29.0. The lowest BCUT2D eigenvalue weighted by Gasteiger charge is -2.08. The number of hydrogen-bond donors (Lipinski definition) is 2. The zero-order valence-corrected chi connectivity index (χ0v) is 21.3. The topological polar surface area (TPSA) is 97.4 Å². The van der Waals surface area contributed by atoms with Crippen LogP contribution in [0.5, 0.6) is 0 Å². The number of nitrogens with one attached hydrogen (secondary N) is 2. The number of benzene rings is 4. The SMILES string of the molecule is O=C(Cc1coc2ccc3ccccc3c12)Nc1cccc(NC(=O)Cc2coc3ccc4ccccc4c23)n1. The molecular formula is C33H23N3O4. The molecular weight excluding hydrogens is 502 g/mol. The normalized spacial score (nSPS) is 11.4. The van der Waals surface area contributed by atoms with E-state index in [1.807, 2.05) is 72.8 Å². The van der Waals surface area contributed by atoms with Crippen molar-refractivity contribution in [2.75, 3.05) is 10.6 Å². The van der Waals surface area contributed by atoms with Gasteiger partial charge in [-0.25, -0.2) is 4.98 Å². The Morgan fingerprint density at radius 1 is 0.575 bits per heavy atom. The summed E-state index contributed by atoms with van der Waals surface area (Å²) in [6.07, 6.45) is 3.51. The highest BCUT2D eigenvalue weighted by molar-refractivity contribution is 6.10. The van der Waals surface area contributed by atoms with Crippen molar-refractivity contribution in [1.82, 2.24) is 4.98 Å². The molecule has 2 N–H and O–H groups in total. The summed E-state index contributed by atoms with van der Waals surface area (Å²) in [5.74, 6) is 0.229. The molecule has 0 unspecified atom stereocenters. The molecule has 7 nitrogen and oxygen atoms in total. The van der Waals surface area contributed by atoms with Crippen molar-refractivity contribution >= 4 is 66.9 Å². The van der Waals surface area contributed by atoms with Gasteiger partial charge < -0.3 is 19.5 Å². The summed E-state index contributed by atoms with van der Waals surface area (Å²) in [4.78, 5) is 30.3. The van der Waals surface area contributed by atoms with Crippen molar-refractivity contribution < 1.29 is 18.4 Å². The van der Waals surface area contributed by atoms with E-state index in [1.54, 1.807) is 30.7 Å². The number of carbonyl (C=O) groups excluding carboxylic acids is 2. The van der Waals surface area contributed by atoms with Crippen molar-refractivity contribution in [3.8, 4) is 0 Å². The third-order valence-electron chi connectivity index (χ3n) is 7.07. The molecule has 0 aliphatic carbocycles. The zero-order chi connectivity index (χ0) is 27.1. The summed E-state index contributed by atoms with van der Waals surface area (Å²) >= 11 is 0. The van der Waals surface area contributed by atoms with Gasteiger partial charge in [0.2, 0.25) is 11.8 Å². The van der Waals surface area contributed by atoms with E-state index in [0.717, 1.165) is 54.6 Å². The molecule has 0 saturated heterocycles. The van der Waals surface area contributed by atoms with Crippen molar-refractivity contribution in [2.24, 2.45) is 0 Å². The van der Waals surface area contributed by atoms with E-state index < -0.39 is 0 Å². The molecule has 4 aromatic carbocycles. The van der Waals surface area contributed by atoms with Crippen LogP contribution < -0.4 is 10.6 Å². The second-order valence-electron chi connectivity index (χ2n) is 9.70. The second-order valence-corrected chi connectivity index (χ2v) is 9.70. The van der Waals surface area contributed by atoms with Crippen LogP contribution in [0.1, 0.15) is 11.1 Å². The van der Waals surface area contributed by atoms with Gasteiger partial charge in [0.05, 0.1) is 25.4 Å². The number of aromatic nitrogens is 1. The van der Waals surface area contributed by atoms with Crippen molar-refractivity contribution in [3.05, 3.63) is 115 Å². The number of nitrogens with zero attached hydrogens (tertiary/aromatic N) is 1. The molecule has 0 spiro atoms. The largest absolute Gasteiger partial charge is 0.464 e. The smallest absolute Gasteiger partial charge is 0.230 e. The van der Waals surface area contributed by atoms with Gasteiger partial charge in [-0.1, -0.05) is 66.7 Å². The molecule has 40 heavy (non-hydrogen) atoms. The van der Waals surface area contributed by atoms with Gasteiger partial charge in [-0.2, -0.15) is 0 Å². The van der Waals surface area contributed by atoms with Gasteiger partial charge in [0, 0.05) is 21.9 Å². The second kappa shape index (κ2) is 9.71. The van der Waals surface area contributed by atoms with Crippen LogP contribution in [-0.4, -0.2) is 16.8 Å². The van der Waals surface area contributed by atoms with E-state index in [1.165, 1.54) is 0 Å². The first kappa shape index (κ1) is 23.7. The molecule has 2 amide bonds. The lowest BCUT2D eigenvalue weighted by Crippen LogP contribution is -2.18. The van der Waals surface area contributed by atoms with Gasteiger partial charge in [0.25, 0.3) is 0 Å². The van der Waals surface area contributed by atoms with Crippen LogP contribution in [0.4, 0.5) is 11.6 Å². The molecule has 0 bridgehead atoms. The fourth-order valence-corrected chi connectivity index (χ4v) is 5.30. The fourth-order valence-electron chi connectivity index (χ4n) is 5.30. The van der Waals surface area contributed by atoms with Crippen LogP contribution in [0, 0.1) is 0 Å². The van der Waals surface area contributed by atoms with Crippen molar-refractivity contribution in [3.63, 3.8) is 0 Å². The molecule has 0 aliphatic heterocycles. The van der Waals surface area contributed by atoms with Crippen LogP contribution in [0.15, 0.2) is 112 Å². The van der Waals surface area contributed by atoms with E-state index in [0.29, 0.717) is 11.6 Å². The molecule has 7 aromatic rings. The number of anilines is 2. The Bertz CT molecular complexity index is 1930. The number of carbonyl (C=O) groups is 2. The molecule has 7 heteroatoms. The Hall–Kier alpha value is -5.43. The standard InChI is InChI=1S/C33H23N3O4/c37-30(16-22-18-39-26-14-12-20-6-1-3-8-24(20)32(22)26)35-28-10-5-11-29(34-28)36-31(38)17-23-19-40-27-15-13-21-7-2-4-9-25(21)33(23)27/h1-15,18-19H,16-17H2,(H2,34,35,36,37,38). The highest BCUT2D eigenvalue weighted by Crippen LogP contribution is 2.31. The first-order valence-corrected chi connectivity index (χ1v) is 12.9. The Labute approximate surface area is 228 Å². The van der Waals surface area contributed by atoms with Crippen LogP contribution in [0.25, 0.3) is 43.5 Å². The van der Waals surface area contributed by atoms with Gasteiger partial charge in [0.1, 0.15) is 22.8 Å². The molecule has 3 aromatic heterocycles. The summed E-state index contributed by atoms with van der Waals surface area (Å²) in [5, 5.41) is 11.8. The van der Waals surface area contributed by atoms with Crippen LogP contribution in [0.2, 0.25) is 0 Å². The predicted molar refractivity (Wildman–Crippen MR) is 156 cm³/mol. The molecule has 0 saturated carbocycles. The maximum atomic E-state index is 12.9. The number of furan rings is 2. The molecule has 0 radical (unpaired) electrons. The number of pyridine rings is 1. The molecule has 0 aliphatic rings. The monoisotopic (exact) mass is 525 g/mol. The first-order chi connectivity index (χ1) is 19.6. The number of amides is 2. The average molecular weight is 526 g/mol. The van der Waals surface area contributed by atoms with Crippen LogP contribution in [0.3, 0.4) is 0 Å². The van der Waals surface area contributed by atoms with Gasteiger partial charge in [0.15, 0.2) is 0 Å². The van der Waals surface area contributed by atoms with E-state index >= 15 is 0 Å². The Morgan fingerprint density at radius 3 is 1.55 bits per heavy atom. The number of hydrogen-bond acceptors (Lipinski definition) is 5. The molecule has 0 atom stereocenters. The highest BCUT2D eigenvalue weighted by Gasteiger charge is 2.16. The minimum absolute atomic E-state index is 0.126. The lowest BCUT2D eigenvalue weighted by molar-refractivity contribution is -0.116. The van der Waals surface area contributed by atoms with Crippen molar-refractivity contribution in [1.29, 1.82) is 0 Å². The molecule has 7 rings (SSSR count). The summed E-state index contributed by atoms with van der Waals surface area (Å²) in [7, 11) is 0. The first-order valence-electron chi connectivity index (χ1n) is 12.9. The lowest BCUT2D eigenvalue weighted by atomic mass is 10.0. The van der Waals surface area contributed by atoms with Crippen molar-refractivity contribution in [2.45, 2.75) is 12.8 Å². The summed E-state index contributed by atoms with van der Waals surface area (Å²) in [6.45, 7) is 0. The Kier molecular flexibility index (Phi) is 5.74. The maximum absolute atomic E-state index is 12.9. The minimum Gasteiger partial charge on any atom is -0.464 e. The molecule has 0 fully saturated rings. The maximum Gasteiger partial charge on any atom is 0.230 e. The van der Waals surface area contributed by atoms with Crippen LogP contribution >= 0.6 is 0 Å². The van der Waals surface area contributed by atoms with E-state index in [-0.39, 0.29) is 24.7 Å². The van der Waals surface area contributed by atoms with Gasteiger partial charge in [-0.15, -0.1) is 0 Å². The van der Waals surface area contributed by atoms with Crippen LogP contribution in [-0.2, 0) is 22.4 Å². The van der Waals surface area contributed by atoms with E-state index in [4.69, 9.17) is 8.83 Å². The minimum atomic E-state index is -0.233. The fraction of sp³-hybridized carbons (Fsp3) is 0.0606. The van der Waals surface area contributed by atoms with Gasteiger partial charge in [-0.05, 0) is 45.8 Å². The quantitative estimate of drug-likeness (QED) is 0.238. The average Bonchev–Trinajstić information content (AvgIpc) is 3.57. The summed E-state index contributed by atoms with van der Waals surface area (Å²) in [5.41, 5.74) is 3.08. The third-order valence-corrected chi connectivity index (χ3v) is 7.07. The zero-order valence-electron chi connectivity index (χ0n) is 21.3.